The molecule has 0 saturated heterocycles. The van der Waals surface area contributed by atoms with Gasteiger partial charge in [-0.2, -0.15) is 0 Å². The number of aromatic nitrogens is 1. The molecule has 0 fully saturated rings. The third-order valence-electron chi connectivity index (χ3n) is 4.95. The van der Waals surface area contributed by atoms with Crippen LogP contribution in [0.5, 0.6) is 0 Å². The molecule has 0 atom stereocenters. The first-order chi connectivity index (χ1) is 13.0. The molecule has 0 unspecified atom stereocenters. The first-order valence-corrected chi connectivity index (χ1v) is 10.7. The van der Waals surface area contributed by atoms with E-state index in [1.807, 2.05) is 18.2 Å². The number of amides is 1. The number of sulfonamides is 1. The second-order valence-electron chi connectivity index (χ2n) is 6.88. The fourth-order valence-electron chi connectivity index (χ4n) is 3.22. The predicted octanol–water partition coefficient (Wildman–Crippen LogP) is 1.94. The third-order valence-corrected chi connectivity index (χ3v) is 6.35. The minimum absolute atomic E-state index is 0.232. The molecule has 1 amide bonds. The van der Waals surface area contributed by atoms with Crippen molar-refractivity contribution in [1.29, 1.82) is 0 Å². The maximum atomic E-state index is 12.5. The molecule has 1 aromatic carbocycles. The van der Waals surface area contributed by atoms with Crippen LogP contribution >= 0.6 is 0 Å². The Balaban J connectivity index is 1.55. The van der Waals surface area contributed by atoms with Crippen molar-refractivity contribution in [1.82, 2.24) is 14.6 Å². The van der Waals surface area contributed by atoms with Gasteiger partial charge >= 0.3 is 0 Å². The summed E-state index contributed by atoms with van der Waals surface area (Å²) in [5.41, 5.74) is 3.41. The van der Waals surface area contributed by atoms with Crippen molar-refractivity contribution in [2.24, 2.45) is 0 Å². The topological polar surface area (TPSA) is 79.4 Å². The van der Waals surface area contributed by atoms with Gasteiger partial charge in [0.15, 0.2) is 0 Å². The largest absolute Gasteiger partial charge is 0.344 e. The van der Waals surface area contributed by atoms with Gasteiger partial charge in [0.05, 0.1) is 11.4 Å². The summed E-state index contributed by atoms with van der Waals surface area (Å²) < 4.78 is 27.5. The van der Waals surface area contributed by atoms with Crippen molar-refractivity contribution in [2.75, 3.05) is 20.1 Å². The van der Waals surface area contributed by atoms with Crippen molar-refractivity contribution >= 4 is 15.9 Å². The normalized spacial score (nSPS) is 13.8. The third kappa shape index (κ3) is 5.14. The van der Waals surface area contributed by atoms with E-state index in [4.69, 9.17) is 0 Å². The summed E-state index contributed by atoms with van der Waals surface area (Å²) in [5.74, 6) is -0.259. The number of carbonyl (C=O) groups is 1. The Bertz CT molecular complexity index is 898. The maximum absolute atomic E-state index is 12.5. The average Bonchev–Trinajstić information content (AvgIpc) is 2.70. The molecular formula is C20H25N3O3S. The molecule has 0 radical (unpaired) electrons. The van der Waals surface area contributed by atoms with E-state index in [1.54, 1.807) is 31.6 Å². The standard InChI is InChI=1S/C20H25N3O3S/c1-23(13-10-16-8-11-21-12-9-16)20(24)15-22-27(25,26)19-7-6-17-4-2-3-5-18(17)14-19/h6-9,11-12,14,22H,2-5,10,13,15H2,1H3. The summed E-state index contributed by atoms with van der Waals surface area (Å²) in [6.45, 7) is 0.273. The fourth-order valence-corrected chi connectivity index (χ4v) is 4.25. The molecule has 27 heavy (non-hydrogen) atoms. The lowest BCUT2D eigenvalue weighted by Crippen LogP contribution is -2.39. The number of nitrogens with one attached hydrogen (secondary N) is 1. The van der Waals surface area contributed by atoms with Crippen molar-refractivity contribution in [3.05, 3.63) is 59.4 Å². The van der Waals surface area contributed by atoms with Gasteiger partial charge in [0.25, 0.3) is 0 Å². The maximum Gasteiger partial charge on any atom is 0.241 e. The molecule has 1 N–H and O–H groups in total. The van der Waals surface area contributed by atoms with Crippen molar-refractivity contribution in [3.63, 3.8) is 0 Å². The second-order valence-corrected chi connectivity index (χ2v) is 8.65. The quantitative estimate of drug-likeness (QED) is 0.787. The Morgan fingerprint density at radius 2 is 1.81 bits per heavy atom. The van der Waals surface area contributed by atoms with Crippen LogP contribution in [0.15, 0.2) is 47.6 Å². The van der Waals surface area contributed by atoms with E-state index in [9.17, 15) is 13.2 Å². The summed E-state index contributed by atoms with van der Waals surface area (Å²) in [6, 6.07) is 9.07. The Hall–Kier alpha value is -2.25. The summed E-state index contributed by atoms with van der Waals surface area (Å²) in [6.07, 6.45) is 8.28. The monoisotopic (exact) mass is 387 g/mol. The van der Waals surface area contributed by atoms with Crippen LogP contribution in [-0.4, -0.2) is 44.3 Å². The van der Waals surface area contributed by atoms with Crippen LogP contribution in [0, 0.1) is 0 Å². The number of carbonyl (C=O) groups excluding carboxylic acids is 1. The smallest absolute Gasteiger partial charge is 0.241 e. The molecule has 2 aromatic rings. The zero-order chi connectivity index (χ0) is 19.3. The summed E-state index contributed by atoms with van der Waals surface area (Å²) in [7, 11) is -2.02. The SMILES string of the molecule is CN(CCc1ccncc1)C(=O)CNS(=O)(=O)c1ccc2c(c1)CCCC2. The Morgan fingerprint density at radius 3 is 2.56 bits per heavy atom. The summed E-state index contributed by atoms with van der Waals surface area (Å²) in [5, 5.41) is 0. The minimum Gasteiger partial charge on any atom is -0.344 e. The van der Waals surface area contributed by atoms with Gasteiger partial charge in [-0.25, -0.2) is 13.1 Å². The Labute approximate surface area is 160 Å². The van der Waals surface area contributed by atoms with Crippen LogP contribution in [0.2, 0.25) is 0 Å². The van der Waals surface area contributed by atoms with Gasteiger partial charge in [0.2, 0.25) is 15.9 Å². The molecule has 144 valence electrons. The number of rotatable bonds is 7. The first kappa shape index (κ1) is 19.5. The average molecular weight is 388 g/mol. The van der Waals surface area contributed by atoms with E-state index >= 15 is 0 Å². The number of benzene rings is 1. The molecule has 0 saturated carbocycles. The molecule has 1 aliphatic rings. The molecule has 0 spiro atoms. The van der Waals surface area contributed by atoms with Gasteiger partial charge < -0.3 is 4.90 Å². The van der Waals surface area contributed by atoms with Crippen LogP contribution in [-0.2, 0) is 34.1 Å². The highest BCUT2D eigenvalue weighted by atomic mass is 32.2. The highest BCUT2D eigenvalue weighted by Gasteiger charge is 2.19. The van der Waals surface area contributed by atoms with Gasteiger partial charge in [-0.15, -0.1) is 0 Å². The molecule has 0 aliphatic heterocycles. The van der Waals surface area contributed by atoms with Gasteiger partial charge in [0.1, 0.15) is 0 Å². The van der Waals surface area contributed by atoms with Gasteiger partial charge in [-0.05, 0) is 73.1 Å². The zero-order valence-corrected chi connectivity index (χ0v) is 16.3. The predicted molar refractivity (Wildman–Crippen MR) is 104 cm³/mol. The lowest BCUT2D eigenvalue weighted by Gasteiger charge is -2.18. The highest BCUT2D eigenvalue weighted by Crippen LogP contribution is 2.23. The second kappa shape index (κ2) is 8.63. The van der Waals surface area contributed by atoms with Crippen LogP contribution in [0.3, 0.4) is 0 Å². The van der Waals surface area contributed by atoms with Gasteiger partial charge in [0, 0.05) is 26.0 Å². The van der Waals surface area contributed by atoms with Crippen molar-refractivity contribution in [2.45, 2.75) is 37.0 Å². The molecule has 6 nitrogen and oxygen atoms in total. The number of nitrogens with zero attached hydrogens (tertiary/aromatic N) is 2. The highest BCUT2D eigenvalue weighted by molar-refractivity contribution is 7.89. The summed E-state index contributed by atoms with van der Waals surface area (Å²) >= 11 is 0. The van der Waals surface area contributed by atoms with E-state index < -0.39 is 10.0 Å². The lowest BCUT2D eigenvalue weighted by atomic mass is 9.92. The molecule has 1 heterocycles. The minimum atomic E-state index is -3.70. The fraction of sp³-hybridized carbons (Fsp3) is 0.400. The van der Waals surface area contributed by atoms with E-state index in [1.165, 1.54) is 10.5 Å². The van der Waals surface area contributed by atoms with Gasteiger partial charge in [-0.3, -0.25) is 9.78 Å². The number of fused-ring (bicyclic) bond motifs is 1. The molecular weight excluding hydrogens is 362 g/mol. The van der Waals surface area contributed by atoms with E-state index in [-0.39, 0.29) is 17.3 Å². The lowest BCUT2D eigenvalue weighted by molar-refractivity contribution is -0.128. The van der Waals surface area contributed by atoms with Gasteiger partial charge in [-0.1, -0.05) is 6.07 Å². The van der Waals surface area contributed by atoms with Crippen molar-refractivity contribution in [3.8, 4) is 0 Å². The van der Waals surface area contributed by atoms with Crippen LogP contribution < -0.4 is 4.72 Å². The Kier molecular flexibility index (Phi) is 6.23. The van der Waals surface area contributed by atoms with E-state index in [2.05, 4.69) is 9.71 Å². The van der Waals surface area contributed by atoms with Crippen LogP contribution in [0.4, 0.5) is 0 Å². The van der Waals surface area contributed by atoms with Crippen molar-refractivity contribution < 1.29 is 13.2 Å². The molecule has 3 rings (SSSR count). The summed E-state index contributed by atoms with van der Waals surface area (Å²) in [4.78, 5) is 18.0. The number of aryl methyl sites for hydroxylation is 2. The number of pyridine rings is 1. The zero-order valence-electron chi connectivity index (χ0n) is 15.5. The number of likely N-dealkylation sites (N-methyl/N-ethyl adjacent to an activating group) is 1. The van der Waals surface area contributed by atoms with Crippen LogP contribution in [0.25, 0.3) is 0 Å². The van der Waals surface area contributed by atoms with Crippen LogP contribution in [0.1, 0.15) is 29.5 Å². The molecule has 1 aliphatic carbocycles. The van der Waals surface area contributed by atoms with E-state index in [0.29, 0.717) is 13.0 Å². The Morgan fingerprint density at radius 1 is 1.11 bits per heavy atom. The van der Waals surface area contributed by atoms with E-state index in [0.717, 1.165) is 36.8 Å². The number of hydrogen-bond donors (Lipinski definition) is 1. The number of hydrogen-bond acceptors (Lipinski definition) is 4. The molecule has 0 bridgehead atoms. The molecule has 7 heteroatoms. The first-order valence-electron chi connectivity index (χ1n) is 9.20. The molecule has 1 aromatic heterocycles.